The lowest BCUT2D eigenvalue weighted by Crippen LogP contribution is -2.61. The van der Waals surface area contributed by atoms with E-state index in [1.807, 2.05) is 6.08 Å². The number of carbonyl (C=O) groups excluding carboxylic acids is 2. The van der Waals surface area contributed by atoms with Gasteiger partial charge in [0.1, 0.15) is 55.4 Å². The third kappa shape index (κ3) is 32.3. The minimum Gasteiger partial charge on any atom is -0.462 e. The fourth-order valence-corrected chi connectivity index (χ4v) is 8.99. The molecule has 2 rings (SSSR count). The maximum atomic E-state index is 13.1. The molecule has 15 nitrogen and oxygen atoms in total. The standard InChI is InChI=1S/C59H104O15/c1-3-5-7-9-11-13-15-17-19-21-22-23-24-26-28-30-32-34-36-38-40-42-51(62)72-47(44-69-50(61)41-39-37-35-33-31-29-27-25-20-18-16-14-12-10-8-6-4-2)45-70-58-57(68)55(66)53(64)49(74-58)46-71-59-56(67)54(65)52(63)48(43-60)73-59/h17-20,27,29,33,35,47-49,52-60,63-68H,3-16,21-26,28,30-32,34,36-46H2,1-2H3/b19-17+,20-18+,29-27+,35-33+/t47-,48+,49+,52-,53-,54?,55?,56?,57?,58+,59+/m1/s1. The van der Waals surface area contributed by atoms with Gasteiger partial charge in [0.15, 0.2) is 18.7 Å². The van der Waals surface area contributed by atoms with E-state index < -0.39 is 99.3 Å². The van der Waals surface area contributed by atoms with E-state index in [4.69, 9.17) is 28.4 Å². The molecule has 0 bridgehead atoms. The van der Waals surface area contributed by atoms with Crippen LogP contribution in [0.15, 0.2) is 48.6 Å². The van der Waals surface area contributed by atoms with Crippen LogP contribution in [0.1, 0.15) is 219 Å². The zero-order valence-corrected chi connectivity index (χ0v) is 45.8. The monoisotopic (exact) mass is 1050 g/mol. The van der Waals surface area contributed by atoms with Crippen molar-refractivity contribution in [1.29, 1.82) is 0 Å². The number of ether oxygens (including phenoxy) is 6. The minimum absolute atomic E-state index is 0.146. The van der Waals surface area contributed by atoms with E-state index in [1.54, 1.807) is 0 Å². The van der Waals surface area contributed by atoms with E-state index in [0.717, 1.165) is 38.5 Å². The molecule has 4 unspecified atom stereocenters. The first kappa shape index (κ1) is 67.6. The molecule has 2 heterocycles. The molecule has 430 valence electrons. The predicted octanol–water partition coefficient (Wildman–Crippen LogP) is 9.83. The average molecular weight is 1050 g/mol. The lowest BCUT2D eigenvalue weighted by molar-refractivity contribution is -0.332. The normalized spacial score (nSPS) is 25.0. The summed E-state index contributed by atoms with van der Waals surface area (Å²) in [5, 5.41) is 72.3. The Morgan fingerprint density at radius 3 is 1.32 bits per heavy atom. The molecule has 0 aliphatic carbocycles. The van der Waals surface area contributed by atoms with Gasteiger partial charge in [-0.05, 0) is 70.6 Å². The largest absolute Gasteiger partial charge is 0.462 e. The summed E-state index contributed by atoms with van der Waals surface area (Å²) in [7, 11) is 0. The van der Waals surface area contributed by atoms with Crippen LogP contribution in [0.5, 0.6) is 0 Å². The van der Waals surface area contributed by atoms with Crippen molar-refractivity contribution < 1.29 is 73.8 Å². The molecule has 2 saturated heterocycles. The molecule has 0 radical (unpaired) electrons. The number of hydrogen-bond donors (Lipinski definition) is 7. The minimum atomic E-state index is -1.77. The maximum absolute atomic E-state index is 13.1. The second-order valence-corrected chi connectivity index (χ2v) is 20.5. The number of unbranched alkanes of at least 4 members (excludes halogenated alkanes) is 24. The van der Waals surface area contributed by atoms with E-state index in [2.05, 4.69) is 56.4 Å². The summed E-state index contributed by atoms with van der Waals surface area (Å²) < 4.78 is 33.6. The number of rotatable bonds is 46. The average Bonchev–Trinajstić information content (AvgIpc) is 3.39. The first-order chi connectivity index (χ1) is 36.0. The van der Waals surface area contributed by atoms with E-state index in [9.17, 15) is 45.3 Å². The van der Waals surface area contributed by atoms with Crippen LogP contribution >= 0.6 is 0 Å². The summed E-state index contributed by atoms with van der Waals surface area (Å²) in [4.78, 5) is 25.9. The van der Waals surface area contributed by atoms with Crippen LogP contribution in [0, 0.1) is 0 Å². The van der Waals surface area contributed by atoms with Gasteiger partial charge >= 0.3 is 11.9 Å². The quantitative estimate of drug-likeness (QED) is 0.0171. The van der Waals surface area contributed by atoms with Crippen molar-refractivity contribution in [1.82, 2.24) is 0 Å². The summed E-state index contributed by atoms with van der Waals surface area (Å²) in [6.07, 6.45) is 35.7. The molecule has 11 atom stereocenters. The number of hydrogen-bond acceptors (Lipinski definition) is 15. The first-order valence-electron chi connectivity index (χ1n) is 29.2. The van der Waals surface area contributed by atoms with Crippen LogP contribution in [0.25, 0.3) is 0 Å². The van der Waals surface area contributed by atoms with Gasteiger partial charge in [0.25, 0.3) is 0 Å². The van der Waals surface area contributed by atoms with Crippen molar-refractivity contribution in [3.8, 4) is 0 Å². The summed E-state index contributed by atoms with van der Waals surface area (Å²) in [5.74, 6) is -0.982. The number of esters is 2. The van der Waals surface area contributed by atoms with Crippen LogP contribution in [-0.2, 0) is 38.0 Å². The highest BCUT2D eigenvalue weighted by atomic mass is 16.7. The van der Waals surface area contributed by atoms with Crippen LogP contribution in [0.4, 0.5) is 0 Å². The molecule has 0 aromatic carbocycles. The number of allylic oxidation sites excluding steroid dienone is 8. The zero-order chi connectivity index (χ0) is 53.9. The lowest BCUT2D eigenvalue weighted by atomic mass is 9.98. The summed E-state index contributed by atoms with van der Waals surface area (Å²) >= 11 is 0. The highest BCUT2D eigenvalue weighted by Gasteiger charge is 2.47. The van der Waals surface area contributed by atoms with Crippen molar-refractivity contribution in [2.45, 2.75) is 287 Å². The molecule has 0 amide bonds. The Hall–Kier alpha value is -2.54. The molecular weight excluding hydrogens is 949 g/mol. The second-order valence-electron chi connectivity index (χ2n) is 20.5. The Balaban J connectivity index is 1.77. The molecular formula is C59H104O15. The van der Waals surface area contributed by atoms with Gasteiger partial charge in [0.2, 0.25) is 0 Å². The summed E-state index contributed by atoms with van der Waals surface area (Å²) in [6.45, 7) is 2.55. The van der Waals surface area contributed by atoms with E-state index >= 15 is 0 Å². The summed E-state index contributed by atoms with van der Waals surface area (Å²) in [6, 6.07) is 0. The molecule has 74 heavy (non-hydrogen) atoms. The van der Waals surface area contributed by atoms with Gasteiger partial charge in [0, 0.05) is 12.8 Å². The highest BCUT2D eigenvalue weighted by molar-refractivity contribution is 5.70. The SMILES string of the molecule is CCCCCCCC/C=C/C/C=C/C/C=C/CCCC(=O)OC[C@H](CO[C@H]1O[C@@H](CO[C@H]2O[C@@H](CO)[C@@H](O)C(O)C2O)[C@@H](O)C(O)C1O)OC(=O)CCCCCCCCCCCCC/C=C/CCCCCCCC. The van der Waals surface area contributed by atoms with Crippen LogP contribution in [0.3, 0.4) is 0 Å². The molecule has 2 aliphatic heterocycles. The van der Waals surface area contributed by atoms with E-state index in [0.29, 0.717) is 19.3 Å². The molecule has 2 aliphatic rings. The van der Waals surface area contributed by atoms with E-state index in [-0.39, 0.29) is 19.4 Å². The van der Waals surface area contributed by atoms with E-state index in [1.165, 1.54) is 135 Å². The van der Waals surface area contributed by atoms with Crippen molar-refractivity contribution in [3.05, 3.63) is 48.6 Å². The van der Waals surface area contributed by atoms with Crippen LogP contribution in [-0.4, -0.2) is 142 Å². The molecule has 0 saturated carbocycles. The molecule has 0 aromatic heterocycles. The van der Waals surface area contributed by atoms with Gasteiger partial charge < -0.3 is 64.2 Å². The van der Waals surface area contributed by atoms with Gasteiger partial charge in [-0.15, -0.1) is 0 Å². The molecule has 7 N–H and O–H groups in total. The van der Waals surface area contributed by atoms with Gasteiger partial charge in [-0.3, -0.25) is 9.59 Å². The third-order valence-corrected chi connectivity index (χ3v) is 13.8. The Bertz CT molecular complexity index is 1470. The predicted molar refractivity (Wildman–Crippen MR) is 289 cm³/mol. The zero-order valence-electron chi connectivity index (χ0n) is 45.8. The Kier molecular flexibility index (Phi) is 41.5. The molecule has 0 spiro atoms. The van der Waals surface area contributed by atoms with Crippen molar-refractivity contribution in [3.63, 3.8) is 0 Å². The fraction of sp³-hybridized carbons (Fsp3) is 0.831. The van der Waals surface area contributed by atoms with Gasteiger partial charge in [-0.2, -0.15) is 0 Å². The highest BCUT2D eigenvalue weighted by Crippen LogP contribution is 2.27. The molecule has 0 aromatic rings. The fourth-order valence-electron chi connectivity index (χ4n) is 8.99. The smallest absolute Gasteiger partial charge is 0.306 e. The second kappa shape index (κ2) is 45.5. The van der Waals surface area contributed by atoms with Gasteiger partial charge in [-0.1, -0.05) is 184 Å². The molecule has 2 fully saturated rings. The van der Waals surface area contributed by atoms with Crippen LogP contribution in [0.2, 0.25) is 0 Å². The Morgan fingerprint density at radius 2 is 0.824 bits per heavy atom. The van der Waals surface area contributed by atoms with Crippen molar-refractivity contribution >= 4 is 11.9 Å². The van der Waals surface area contributed by atoms with Crippen molar-refractivity contribution in [2.75, 3.05) is 26.4 Å². The molecule has 15 heteroatoms. The Morgan fingerprint density at radius 1 is 0.432 bits per heavy atom. The van der Waals surface area contributed by atoms with Gasteiger partial charge in [0.05, 0.1) is 19.8 Å². The lowest BCUT2D eigenvalue weighted by Gasteiger charge is -2.42. The summed E-state index contributed by atoms with van der Waals surface area (Å²) in [5.41, 5.74) is 0. The van der Waals surface area contributed by atoms with Gasteiger partial charge in [-0.25, -0.2) is 0 Å². The first-order valence-corrected chi connectivity index (χ1v) is 29.2. The number of aliphatic hydroxyl groups excluding tert-OH is 7. The van der Waals surface area contributed by atoms with Crippen molar-refractivity contribution in [2.24, 2.45) is 0 Å². The number of carbonyl (C=O) groups is 2. The van der Waals surface area contributed by atoms with Crippen LogP contribution < -0.4 is 0 Å². The Labute approximate surface area is 446 Å². The topological polar surface area (TPSA) is 231 Å². The maximum Gasteiger partial charge on any atom is 0.306 e. The third-order valence-electron chi connectivity index (χ3n) is 13.8. The number of aliphatic hydroxyl groups is 7.